The van der Waals surface area contributed by atoms with E-state index in [4.69, 9.17) is 16.3 Å². The lowest BCUT2D eigenvalue weighted by molar-refractivity contribution is -0.129. The third-order valence-corrected chi connectivity index (χ3v) is 3.66. The first-order valence-electron chi connectivity index (χ1n) is 6.74. The van der Waals surface area contributed by atoms with Gasteiger partial charge in [-0.1, -0.05) is 51.8 Å². The Morgan fingerprint density at radius 3 is 2.35 bits per heavy atom. The van der Waals surface area contributed by atoms with Gasteiger partial charge in [0, 0.05) is 4.47 Å². The van der Waals surface area contributed by atoms with E-state index in [1.807, 2.05) is 24.3 Å². The largest absolute Gasteiger partial charge is 0.482 e. The summed E-state index contributed by atoms with van der Waals surface area (Å²) in [5.74, 6) is -0.391. The molecule has 0 aromatic heterocycles. The minimum absolute atomic E-state index is 0.166. The molecular formula is C16H14BrClN2O3. The highest BCUT2D eigenvalue weighted by atomic mass is 79.9. The molecule has 0 aliphatic rings. The van der Waals surface area contributed by atoms with E-state index in [0.29, 0.717) is 10.8 Å². The summed E-state index contributed by atoms with van der Waals surface area (Å²) in [6.07, 6.45) is 0.166. The molecule has 0 spiro atoms. The molecule has 0 aliphatic heterocycles. The second-order valence-corrected chi connectivity index (χ2v) is 5.94. The standard InChI is InChI=1S/C16H14BrClN2O3/c17-12-7-5-11(6-8-12)9-15(21)19-20-16(22)10-23-14-4-2-1-3-13(14)18/h1-8H,9-10H2,(H,19,21)(H,20,22). The summed E-state index contributed by atoms with van der Waals surface area (Å²) in [6.45, 7) is -0.248. The van der Waals surface area contributed by atoms with Gasteiger partial charge in [-0.25, -0.2) is 0 Å². The number of hydrazine groups is 1. The molecule has 2 amide bonds. The Balaban J connectivity index is 1.72. The Bertz CT molecular complexity index is 692. The number of nitrogens with one attached hydrogen (secondary N) is 2. The van der Waals surface area contributed by atoms with Crippen LogP contribution in [0.3, 0.4) is 0 Å². The van der Waals surface area contributed by atoms with Crippen molar-refractivity contribution in [2.45, 2.75) is 6.42 Å². The normalized spacial score (nSPS) is 10.0. The average molecular weight is 398 g/mol. The first-order chi connectivity index (χ1) is 11.0. The van der Waals surface area contributed by atoms with Gasteiger partial charge in [-0.2, -0.15) is 0 Å². The number of ether oxygens (including phenoxy) is 1. The fourth-order valence-corrected chi connectivity index (χ4v) is 2.17. The fraction of sp³-hybridized carbons (Fsp3) is 0.125. The van der Waals surface area contributed by atoms with Gasteiger partial charge in [-0.05, 0) is 29.8 Å². The number of halogens is 2. The van der Waals surface area contributed by atoms with E-state index in [1.54, 1.807) is 24.3 Å². The van der Waals surface area contributed by atoms with E-state index in [1.165, 1.54) is 0 Å². The molecule has 0 atom stereocenters. The lowest BCUT2D eigenvalue weighted by atomic mass is 10.1. The molecular weight excluding hydrogens is 384 g/mol. The molecule has 2 N–H and O–H groups in total. The van der Waals surface area contributed by atoms with Crippen LogP contribution >= 0.6 is 27.5 Å². The zero-order valence-electron chi connectivity index (χ0n) is 12.0. The van der Waals surface area contributed by atoms with E-state index >= 15 is 0 Å². The Hall–Kier alpha value is -2.05. The van der Waals surface area contributed by atoms with Crippen LogP contribution in [0.2, 0.25) is 5.02 Å². The second-order valence-electron chi connectivity index (χ2n) is 4.62. The molecule has 0 bridgehead atoms. The summed E-state index contributed by atoms with van der Waals surface area (Å²) in [5.41, 5.74) is 5.46. The van der Waals surface area contributed by atoms with Gasteiger partial charge in [0.15, 0.2) is 6.61 Å². The van der Waals surface area contributed by atoms with Crippen molar-refractivity contribution < 1.29 is 14.3 Å². The third-order valence-electron chi connectivity index (χ3n) is 2.81. The van der Waals surface area contributed by atoms with E-state index < -0.39 is 5.91 Å². The highest BCUT2D eigenvalue weighted by Gasteiger charge is 2.08. The topological polar surface area (TPSA) is 67.4 Å². The van der Waals surface area contributed by atoms with Gasteiger partial charge in [-0.15, -0.1) is 0 Å². The average Bonchev–Trinajstić information content (AvgIpc) is 2.54. The zero-order valence-corrected chi connectivity index (χ0v) is 14.4. The highest BCUT2D eigenvalue weighted by Crippen LogP contribution is 2.22. The molecule has 0 unspecified atom stereocenters. The van der Waals surface area contributed by atoms with Crippen molar-refractivity contribution in [3.63, 3.8) is 0 Å². The van der Waals surface area contributed by atoms with Gasteiger partial charge in [0.2, 0.25) is 5.91 Å². The van der Waals surface area contributed by atoms with Crippen LogP contribution in [-0.4, -0.2) is 18.4 Å². The molecule has 0 fully saturated rings. The predicted octanol–water partition coefficient (Wildman–Crippen LogP) is 2.87. The minimum atomic E-state index is -0.478. The lowest BCUT2D eigenvalue weighted by Gasteiger charge is -2.09. The van der Waals surface area contributed by atoms with Gasteiger partial charge < -0.3 is 4.74 Å². The lowest BCUT2D eigenvalue weighted by Crippen LogP contribution is -2.44. The van der Waals surface area contributed by atoms with E-state index in [0.717, 1.165) is 10.0 Å². The van der Waals surface area contributed by atoms with Crippen LogP contribution in [0.5, 0.6) is 5.75 Å². The van der Waals surface area contributed by atoms with Crippen molar-refractivity contribution >= 4 is 39.3 Å². The van der Waals surface area contributed by atoms with Crippen molar-refractivity contribution in [2.75, 3.05) is 6.61 Å². The van der Waals surface area contributed by atoms with Crippen molar-refractivity contribution in [3.05, 3.63) is 63.6 Å². The smallest absolute Gasteiger partial charge is 0.276 e. The summed E-state index contributed by atoms with van der Waals surface area (Å²) < 4.78 is 6.20. The van der Waals surface area contributed by atoms with Crippen molar-refractivity contribution in [3.8, 4) is 5.75 Å². The molecule has 0 saturated heterocycles. The van der Waals surface area contributed by atoms with Crippen LogP contribution in [0.1, 0.15) is 5.56 Å². The van der Waals surface area contributed by atoms with Gasteiger partial charge in [-0.3, -0.25) is 20.4 Å². The summed E-state index contributed by atoms with van der Waals surface area (Å²) in [7, 11) is 0. The Labute approximate surface area is 147 Å². The van der Waals surface area contributed by atoms with Crippen molar-refractivity contribution in [1.29, 1.82) is 0 Å². The first-order valence-corrected chi connectivity index (χ1v) is 7.91. The predicted molar refractivity (Wildman–Crippen MR) is 91.1 cm³/mol. The second kappa shape index (κ2) is 8.55. The zero-order chi connectivity index (χ0) is 16.7. The molecule has 7 heteroatoms. The van der Waals surface area contributed by atoms with Crippen LogP contribution in [0.25, 0.3) is 0 Å². The number of para-hydroxylation sites is 1. The summed E-state index contributed by atoms with van der Waals surface area (Å²) >= 11 is 9.23. The molecule has 23 heavy (non-hydrogen) atoms. The van der Waals surface area contributed by atoms with Crippen LogP contribution < -0.4 is 15.6 Å². The number of carbonyl (C=O) groups excluding carboxylic acids is 2. The number of benzene rings is 2. The maximum atomic E-state index is 11.7. The van der Waals surface area contributed by atoms with E-state index in [9.17, 15) is 9.59 Å². The monoisotopic (exact) mass is 396 g/mol. The minimum Gasteiger partial charge on any atom is -0.482 e. The molecule has 0 radical (unpaired) electrons. The van der Waals surface area contributed by atoms with E-state index in [2.05, 4.69) is 26.8 Å². The van der Waals surface area contributed by atoms with Crippen LogP contribution in [-0.2, 0) is 16.0 Å². The van der Waals surface area contributed by atoms with Gasteiger partial charge in [0.05, 0.1) is 11.4 Å². The number of carbonyl (C=O) groups is 2. The van der Waals surface area contributed by atoms with Gasteiger partial charge >= 0.3 is 0 Å². The van der Waals surface area contributed by atoms with E-state index in [-0.39, 0.29) is 18.9 Å². The molecule has 2 aromatic carbocycles. The number of hydrogen-bond donors (Lipinski definition) is 2. The quantitative estimate of drug-likeness (QED) is 0.762. The molecule has 5 nitrogen and oxygen atoms in total. The van der Waals surface area contributed by atoms with Crippen molar-refractivity contribution in [1.82, 2.24) is 10.9 Å². The molecule has 0 aliphatic carbocycles. The van der Waals surface area contributed by atoms with Gasteiger partial charge in [0.1, 0.15) is 5.75 Å². The molecule has 2 aromatic rings. The van der Waals surface area contributed by atoms with Crippen LogP contribution in [0, 0.1) is 0 Å². The summed E-state index contributed by atoms with van der Waals surface area (Å²) in [6, 6.07) is 14.2. The number of hydrogen-bond acceptors (Lipinski definition) is 3. The number of amides is 2. The fourth-order valence-electron chi connectivity index (χ4n) is 1.71. The SMILES string of the molecule is O=C(COc1ccccc1Cl)NNC(=O)Cc1ccc(Br)cc1. The number of rotatable bonds is 5. The van der Waals surface area contributed by atoms with Gasteiger partial charge in [0.25, 0.3) is 5.91 Å². The molecule has 0 heterocycles. The molecule has 0 saturated carbocycles. The summed E-state index contributed by atoms with van der Waals surface area (Å²) in [5, 5.41) is 0.416. The highest BCUT2D eigenvalue weighted by molar-refractivity contribution is 9.10. The maximum Gasteiger partial charge on any atom is 0.276 e. The first kappa shape index (κ1) is 17.3. The Morgan fingerprint density at radius 2 is 1.65 bits per heavy atom. The summed E-state index contributed by atoms with van der Waals surface area (Å²) in [4.78, 5) is 23.4. The van der Waals surface area contributed by atoms with Crippen LogP contribution in [0.4, 0.5) is 0 Å². The Morgan fingerprint density at radius 1 is 1.00 bits per heavy atom. The van der Waals surface area contributed by atoms with Crippen molar-refractivity contribution in [2.24, 2.45) is 0 Å². The molecule has 120 valence electrons. The van der Waals surface area contributed by atoms with Crippen LogP contribution in [0.15, 0.2) is 53.0 Å². The third kappa shape index (κ3) is 5.92. The molecule has 2 rings (SSSR count). The maximum absolute atomic E-state index is 11.7. The Kier molecular flexibility index (Phi) is 6.43.